The van der Waals surface area contributed by atoms with Gasteiger partial charge in [0.1, 0.15) is 0 Å². The Morgan fingerprint density at radius 3 is 1.84 bits per heavy atom. The van der Waals surface area contributed by atoms with E-state index >= 15 is 0 Å². The van der Waals surface area contributed by atoms with E-state index in [4.69, 9.17) is 2.74 Å². The number of methoxy groups -OCH3 is 1. The summed E-state index contributed by atoms with van der Waals surface area (Å²) in [6.45, 7) is 2.23. The molecule has 114 valence electrons. The highest BCUT2D eigenvalue weighted by atomic mass is 16.5. The molecule has 0 aromatic heterocycles. The minimum Gasteiger partial charge on any atom is -0.469 e. The minimum atomic E-state index is -1.07. The molecular weight excluding hydrogens is 236 g/mol. The Labute approximate surface area is 123 Å². The average Bonchev–Trinajstić information content (AvgIpc) is 2.46. The topological polar surface area (TPSA) is 26.3 Å². The van der Waals surface area contributed by atoms with E-state index in [-0.39, 0.29) is 5.97 Å². The van der Waals surface area contributed by atoms with Gasteiger partial charge >= 0.3 is 5.97 Å². The zero-order valence-electron chi connectivity index (χ0n) is 15.0. The lowest BCUT2D eigenvalue weighted by Crippen LogP contribution is -1.99. The zero-order chi connectivity index (χ0) is 16.0. The SMILES string of the molecule is [2H]C([2H])(CCCCCCCCCC)CCCCC(=O)OC. The van der Waals surface area contributed by atoms with E-state index in [1.165, 1.54) is 45.6 Å². The molecule has 0 spiro atoms. The summed E-state index contributed by atoms with van der Waals surface area (Å²) in [6.07, 6.45) is 12.0. The molecule has 0 rings (SSSR count). The van der Waals surface area contributed by atoms with Crippen molar-refractivity contribution in [1.82, 2.24) is 0 Å². The standard InChI is InChI=1S/C17H34O2/c1-3-4-5-6-7-8-9-10-11-12-13-14-15-16-17(18)19-2/h3-16H2,1-2H3/i12D2. The van der Waals surface area contributed by atoms with Crippen molar-refractivity contribution in [3.05, 3.63) is 0 Å². The van der Waals surface area contributed by atoms with E-state index in [0.717, 1.165) is 25.7 Å². The lowest BCUT2D eigenvalue weighted by Gasteiger charge is -2.03. The summed E-state index contributed by atoms with van der Waals surface area (Å²) < 4.78 is 20.5. The van der Waals surface area contributed by atoms with Gasteiger partial charge < -0.3 is 4.74 Å². The number of hydrogen-bond donors (Lipinski definition) is 0. The van der Waals surface area contributed by atoms with Crippen molar-refractivity contribution in [2.24, 2.45) is 0 Å². The molecule has 0 saturated carbocycles. The van der Waals surface area contributed by atoms with Crippen LogP contribution in [0.1, 0.15) is 99.5 Å². The largest absolute Gasteiger partial charge is 0.469 e. The Hall–Kier alpha value is -0.530. The first-order valence-corrected chi connectivity index (χ1v) is 8.08. The molecule has 0 atom stereocenters. The van der Waals surface area contributed by atoms with Gasteiger partial charge in [-0.15, -0.1) is 0 Å². The van der Waals surface area contributed by atoms with Crippen LogP contribution in [0.2, 0.25) is 0 Å². The molecular formula is C17H34O2. The minimum absolute atomic E-state index is 0.196. The second-order valence-corrected chi connectivity index (χ2v) is 5.26. The predicted molar refractivity (Wildman–Crippen MR) is 82.3 cm³/mol. The Kier molecular flexibility index (Phi) is 12.2. The van der Waals surface area contributed by atoms with Gasteiger partial charge in [-0.2, -0.15) is 0 Å². The van der Waals surface area contributed by atoms with Gasteiger partial charge in [0, 0.05) is 9.16 Å². The maximum atomic E-state index is 11.0. The van der Waals surface area contributed by atoms with Crippen molar-refractivity contribution in [2.45, 2.75) is 96.8 Å². The van der Waals surface area contributed by atoms with Gasteiger partial charge in [0.25, 0.3) is 0 Å². The van der Waals surface area contributed by atoms with Gasteiger partial charge in [-0.25, -0.2) is 0 Å². The number of unbranched alkanes of at least 4 members (excludes halogenated alkanes) is 8. The lowest BCUT2D eigenvalue weighted by molar-refractivity contribution is -0.140. The first-order chi connectivity index (χ1) is 10.0. The maximum Gasteiger partial charge on any atom is 0.305 e. The fourth-order valence-electron chi connectivity index (χ4n) is 2.13. The number of hydrogen-bond acceptors (Lipinski definition) is 2. The molecule has 2 heteroatoms. The van der Waals surface area contributed by atoms with Gasteiger partial charge in [-0.3, -0.25) is 4.79 Å². The molecule has 0 aromatic carbocycles. The number of rotatable bonds is 14. The third kappa shape index (κ3) is 15.4. The smallest absolute Gasteiger partial charge is 0.305 e. The van der Waals surface area contributed by atoms with E-state index in [1.54, 1.807) is 0 Å². The van der Waals surface area contributed by atoms with Crippen molar-refractivity contribution in [3.63, 3.8) is 0 Å². The van der Waals surface area contributed by atoms with Crippen molar-refractivity contribution in [2.75, 3.05) is 7.11 Å². The summed E-state index contributed by atoms with van der Waals surface area (Å²) in [5.41, 5.74) is 0. The van der Waals surface area contributed by atoms with Crippen LogP contribution in [-0.2, 0) is 9.53 Å². The summed E-state index contributed by atoms with van der Waals surface area (Å²) >= 11 is 0. The average molecular weight is 272 g/mol. The van der Waals surface area contributed by atoms with Gasteiger partial charge in [0.05, 0.1) is 7.11 Å². The molecule has 0 aliphatic carbocycles. The number of carbonyl (C=O) groups is 1. The molecule has 0 heterocycles. The quantitative estimate of drug-likeness (QED) is 0.302. The first kappa shape index (κ1) is 14.9. The molecule has 0 amide bonds. The Morgan fingerprint density at radius 2 is 1.32 bits per heavy atom. The number of carbonyl (C=O) groups excluding carboxylic acids is 1. The fraction of sp³-hybridized carbons (Fsp3) is 0.941. The van der Waals surface area contributed by atoms with Crippen LogP contribution in [0.15, 0.2) is 0 Å². The van der Waals surface area contributed by atoms with Crippen molar-refractivity contribution in [1.29, 1.82) is 0 Å². The third-order valence-corrected chi connectivity index (χ3v) is 3.42. The van der Waals surface area contributed by atoms with Gasteiger partial charge in [-0.05, 0) is 6.42 Å². The third-order valence-electron chi connectivity index (χ3n) is 3.42. The zero-order valence-corrected chi connectivity index (χ0v) is 13.0. The van der Waals surface area contributed by atoms with Crippen LogP contribution >= 0.6 is 0 Å². The Bertz CT molecular complexity index is 255. The molecule has 0 bridgehead atoms. The van der Waals surface area contributed by atoms with Crippen molar-refractivity contribution in [3.8, 4) is 0 Å². The molecule has 2 nitrogen and oxygen atoms in total. The molecule has 0 aliphatic rings. The van der Waals surface area contributed by atoms with Gasteiger partial charge in [-0.1, -0.05) is 83.9 Å². The molecule has 0 fully saturated rings. The Balaban J connectivity index is 3.44. The van der Waals surface area contributed by atoms with Crippen LogP contribution in [0.3, 0.4) is 0 Å². The molecule has 0 aliphatic heterocycles. The van der Waals surface area contributed by atoms with Crippen molar-refractivity contribution >= 4 is 5.97 Å². The number of esters is 1. The van der Waals surface area contributed by atoms with Gasteiger partial charge in [0.2, 0.25) is 0 Å². The summed E-state index contributed by atoms with van der Waals surface area (Å²) in [7, 11) is 1.39. The second kappa shape index (κ2) is 15.5. The first-order valence-electron chi connectivity index (χ1n) is 9.08. The molecule has 0 aromatic rings. The van der Waals surface area contributed by atoms with Gasteiger partial charge in [0.15, 0.2) is 0 Å². The highest BCUT2D eigenvalue weighted by Gasteiger charge is 1.99. The van der Waals surface area contributed by atoms with Crippen LogP contribution in [0.4, 0.5) is 0 Å². The molecule has 0 N–H and O–H groups in total. The summed E-state index contributed by atoms with van der Waals surface area (Å²) in [5.74, 6) is -0.196. The lowest BCUT2D eigenvalue weighted by atomic mass is 10.0. The molecule has 19 heavy (non-hydrogen) atoms. The van der Waals surface area contributed by atoms with Crippen LogP contribution in [0.25, 0.3) is 0 Å². The van der Waals surface area contributed by atoms with Crippen LogP contribution < -0.4 is 0 Å². The molecule has 0 saturated heterocycles. The summed E-state index contributed by atoms with van der Waals surface area (Å²) in [5, 5.41) is 0. The number of ether oxygens (including phenoxy) is 1. The summed E-state index contributed by atoms with van der Waals surface area (Å²) in [6, 6.07) is 0. The normalized spacial score (nSPS) is 12.9. The second-order valence-electron chi connectivity index (χ2n) is 5.26. The van der Waals surface area contributed by atoms with Crippen LogP contribution in [0.5, 0.6) is 0 Å². The van der Waals surface area contributed by atoms with E-state index in [1.807, 2.05) is 0 Å². The molecule has 0 unspecified atom stereocenters. The van der Waals surface area contributed by atoms with E-state index in [9.17, 15) is 4.79 Å². The maximum absolute atomic E-state index is 11.0. The van der Waals surface area contributed by atoms with E-state index in [2.05, 4.69) is 11.7 Å². The molecule has 0 radical (unpaired) electrons. The monoisotopic (exact) mass is 272 g/mol. The summed E-state index contributed by atoms with van der Waals surface area (Å²) in [4.78, 5) is 11.0. The van der Waals surface area contributed by atoms with Crippen LogP contribution in [-0.4, -0.2) is 13.1 Å². The highest BCUT2D eigenvalue weighted by molar-refractivity contribution is 5.68. The predicted octanol–water partition coefficient (Wildman–Crippen LogP) is 5.64. The highest BCUT2D eigenvalue weighted by Crippen LogP contribution is 2.12. The van der Waals surface area contributed by atoms with Crippen molar-refractivity contribution < 1.29 is 12.3 Å². The van der Waals surface area contributed by atoms with E-state index in [0.29, 0.717) is 19.3 Å². The van der Waals surface area contributed by atoms with E-state index < -0.39 is 6.37 Å². The van der Waals surface area contributed by atoms with Crippen LogP contribution in [0, 0.1) is 0 Å². The fourth-order valence-corrected chi connectivity index (χ4v) is 2.13. The Morgan fingerprint density at radius 1 is 0.842 bits per heavy atom.